The quantitative estimate of drug-likeness (QED) is 0.0833. The minimum atomic E-state index is -0.488. The number of hydrogen-bond acceptors (Lipinski definition) is 6. The SMILES string of the molecule is COc1cc(/C=N/NC(=O)c2ccc(COc3ccc(-n4c(C)ccc4C)cc3)o2)cc(I)c1OCc1ccc(Cl)c(Cl)c1. The lowest BCUT2D eigenvalue weighted by atomic mass is 10.2. The highest BCUT2D eigenvalue weighted by molar-refractivity contribution is 14.1. The normalized spacial score (nSPS) is 11.1. The zero-order valence-corrected chi connectivity index (χ0v) is 27.7. The molecule has 0 saturated carbocycles. The van der Waals surface area contributed by atoms with Gasteiger partial charge in [-0.25, -0.2) is 5.43 Å². The van der Waals surface area contributed by atoms with Gasteiger partial charge in [-0.1, -0.05) is 29.3 Å². The number of aromatic nitrogens is 1. The minimum Gasteiger partial charge on any atom is -0.493 e. The number of halogens is 3. The summed E-state index contributed by atoms with van der Waals surface area (Å²) in [4.78, 5) is 12.6. The zero-order chi connectivity index (χ0) is 31.2. The summed E-state index contributed by atoms with van der Waals surface area (Å²) in [5, 5.41) is 5.02. The van der Waals surface area contributed by atoms with Gasteiger partial charge in [0, 0.05) is 17.1 Å². The Morgan fingerprint density at radius 2 is 1.68 bits per heavy atom. The van der Waals surface area contributed by atoms with Crippen molar-refractivity contribution in [3.05, 3.63) is 127 Å². The van der Waals surface area contributed by atoms with E-state index in [0.29, 0.717) is 38.6 Å². The molecule has 44 heavy (non-hydrogen) atoms. The van der Waals surface area contributed by atoms with Gasteiger partial charge in [-0.2, -0.15) is 5.10 Å². The second-order valence-corrected chi connectivity index (χ2v) is 11.7. The van der Waals surface area contributed by atoms with Gasteiger partial charge in [-0.15, -0.1) is 0 Å². The smallest absolute Gasteiger partial charge is 0.307 e. The summed E-state index contributed by atoms with van der Waals surface area (Å²) < 4.78 is 26.0. The van der Waals surface area contributed by atoms with E-state index in [2.05, 4.69) is 63.7 Å². The van der Waals surface area contributed by atoms with Crippen molar-refractivity contribution >= 4 is 57.9 Å². The molecule has 0 aliphatic heterocycles. The molecule has 0 unspecified atom stereocenters. The van der Waals surface area contributed by atoms with Crippen molar-refractivity contribution in [2.45, 2.75) is 27.1 Å². The monoisotopic (exact) mass is 743 g/mol. The van der Waals surface area contributed by atoms with Gasteiger partial charge in [0.2, 0.25) is 0 Å². The molecule has 1 N–H and O–H groups in total. The van der Waals surface area contributed by atoms with Crippen LogP contribution in [0.5, 0.6) is 17.2 Å². The highest BCUT2D eigenvalue weighted by Gasteiger charge is 2.14. The Labute approximate surface area is 278 Å². The molecule has 1 amide bonds. The highest BCUT2D eigenvalue weighted by Crippen LogP contribution is 2.34. The van der Waals surface area contributed by atoms with E-state index in [-0.39, 0.29) is 19.0 Å². The lowest BCUT2D eigenvalue weighted by Gasteiger charge is -2.14. The van der Waals surface area contributed by atoms with Crippen LogP contribution in [0.4, 0.5) is 0 Å². The number of amides is 1. The Balaban J connectivity index is 1.15. The molecule has 0 fully saturated rings. The standard InChI is InChI=1S/C33H28Cl2IN3O5/c1-20-4-5-21(2)39(20)24-7-9-25(10-8-24)42-19-26-11-13-30(44-26)33(40)38-37-17-23-15-29(36)32(31(16-23)41-3)43-18-22-6-12-27(34)28(35)14-22/h4-17H,18-19H2,1-3H3,(H,38,40)/b37-17+. The molecule has 3 aromatic carbocycles. The average molecular weight is 744 g/mol. The predicted octanol–water partition coefficient (Wildman–Crippen LogP) is 8.53. The predicted molar refractivity (Wildman–Crippen MR) is 180 cm³/mol. The molecule has 0 spiro atoms. The molecule has 5 aromatic rings. The molecule has 0 atom stereocenters. The maximum absolute atomic E-state index is 12.6. The summed E-state index contributed by atoms with van der Waals surface area (Å²) in [6, 6.07) is 24.2. The summed E-state index contributed by atoms with van der Waals surface area (Å²) in [6.45, 7) is 4.60. The highest BCUT2D eigenvalue weighted by atomic mass is 127. The molecule has 2 heterocycles. The third-order valence-electron chi connectivity index (χ3n) is 6.63. The topological polar surface area (TPSA) is 87.2 Å². The van der Waals surface area contributed by atoms with Crippen molar-refractivity contribution < 1.29 is 23.4 Å². The Bertz CT molecular complexity index is 1800. The van der Waals surface area contributed by atoms with Crippen LogP contribution in [0, 0.1) is 17.4 Å². The van der Waals surface area contributed by atoms with Crippen LogP contribution in [0.2, 0.25) is 10.0 Å². The Morgan fingerprint density at radius 3 is 2.39 bits per heavy atom. The van der Waals surface area contributed by atoms with E-state index in [1.807, 2.05) is 36.4 Å². The first kappa shape index (κ1) is 31.5. The molecule has 0 aliphatic carbocycles. The van der Waals surface area contributed by atoms with E-state index in [4.69, 9.17) is 41.8 Å². The molecule has 0 aliphatic rings. The Hall–Kier alpha value is -3.93. The Morgan fingerprint density at radius 1 is 0.932 bits per heavy atom. The lowest BCUT2D eigenvalue weighted by Crippen LogP contribution is -2.16. The summed E-state index contributed by atoms with van der Waals surface area (Å²) in [5.41, 5.74) is 7.45. The zero-order valence-electron chi connectivity index (χ0n) is 24.1. The number of ether oxygens (including phenoxy) is 3. The number of aryl methyl sites for hydroxylation is 2. The van der Waals surface area contributed by atoms with E-state index >= 15 is 0 Å². The number of carbonyl (C=O) groups excluding carboxylic acids is 1. The number of benzene rings is 3. The van der Waals surface area contributed by atoms with Crippen molar-refractivity contribution in [3.63, 3.8) is 0 Å². The molecular weight excluding hydrogens is 716 g/mol. The van der Waals surface area contributed by atoms with Crippen molar-refractivity contribution in [3.8, 4) is 22.9 Å². The van der Waals surface area contributed by atoms with Crippen molar-refractivity contribution in [2.75, 3.05) is 7.11 Å². The van der Waals surface area contributed by atoms with Crippen molar-refractivity contribution in [2.24, 2.45) is 5.10 Å². The second-order valence-electron chi connectivity index (χ2n) is 9.77. The van der Waals surface area contributed by atoms with E-state index in [1.165, 1.54) is 6.21 Å². The molecule has 11 heteroatoms. The third kappa shape index (κ3) is 7.58. The molecule has 226 valence electrons. The molecule has 2 aromatic heterocycles. The molecular formula is C33H28Cl2IN3O5. The van der Waals surface area contributed by atoms with Crippen LogP contribution < -0.4 is 19.6 Å². The van der Waals surface area contributed by atoms with Crippen molar-refractivity contribution in [1.29, 1.82) is 0 Å². The third-order valence-corrected chi connectivity index (χ3v) is 8.17. The molecule has 8 nitrogen and oxygen atoms in total. The average Bonchev–Trinajstić information content (AvgIpc) is 3.63. The largest absolute Gasteiger partial charge is 0.493 e. The van der Waals surface area contributed by atoms with Gasteiger partial charge >= 0.3 is 5.91 Å². The number of nitrogens with zero attached hydrogens (tertiary/aromatic N) is 2. The number of hydrogen-bond donors (Lipinski definition) is 1. The first-order valence-corrected chi connectivity index (χ1v) is 15.3. The van der Waals surface area contributed by atoms with Crippen molar-refractivity contribution in [1.82, 2.24) is 9.99 Å². The maximum atomic E-state index is 12.6. The van der Waals surface area contributed by atoms with Crippen LogP contribution in [0.15, 0.2) is 88.4 Å². The van der Waals surface area contributed by atoms with Crippen LogP contribution in [-0.2, 0) is 13.2 Å². The summed E-state index contributed by atoms with van der Waals surface area (Å²) >= 11 is 14.3. The van der Waals surface area contributed by atoms with Crippen LogP contribution in [0.3, 0.4) is 0 Å². The molecule has 0 bridgehead atoms. The van der Waals surface area contributed by atoms with Gasteiger partial charge in [0.25, 0.3) is 0 Å². The number of rotatable bonds is 11. The van der Waals surface area contributed by atoms with E-state index < -0.39 is 5.91 Å². The van der Waals surface area contributed by atoms with Gasteiger partial charge < -0.3 is 23.2 Å². The maximum Gasteiger partial charge on any atom is 0.307 e. The van der Waals surface area contributed by atoms with Gasteiger partial charge in [0.05, 0.1) is 26.9 Å². The fraction of sp³-hybridized carbons (Fsp3) is 0.152. The number of methoxy groups -OCH3 is 1. The summed E-state index contributed by atoms with van der Waals surface area (Å²) in [6.07, 6.45) is 1.51. The van der Waals surface area contributed by atoms with Gasteiger partial charge in [0.15, 0.2) is 17.3 Å². The second kappa shape index (κ2) is 14.2. The first-order valence-electron chi connectivity index (χ1n) is 13.5. The van der Waals surface area contributed by atoms with E-state index in [9.17, 15) is 4.79 Å². The van der Waals surface area contributed by atoms with Crippen LogP contribution in [-0.4, -0.2) is 23.8 Å². The number of furan rings is 1. The Kier molecular flexibility index (Phi) is 10.2. The van der Waals surface area contributed by atoms with Crippen LogP contribution in [0.1, 0.15) is 38.8 Å². The lowest BCUT2D eigenvalue weighted by molar-refractivity contribution is 0.0923. The fourth-order valence-electron chi connectivity index (χ4n) is 4.46. The molecule has 5 rings (SSSR count). The summed E-state index contributed by atoms with van der Waals surface area (Å²) in [5.74, 6) is 1.93. The van der Waals surface area contributed by atoms with Gasteiger partial charge in [0.1, 0.15) is 24.7 Å². The number of carbonyl (C=O) groups is 1. The number of hydrazone groups is 1. The molecule has 0 radical (unpaired) electrons. The van der Waals surface area contributed by atoms with E-state index in [1.54, 1.807) is 37.4 Å². The minimum absolute atomic E-state index is 0.118. The summed E-state index contributed by atoms with van der Waals surface area (Å²) in [7, 11) is 1.55. The van der Waals surface area contributed by atoms with E-state index in [0.717, 1.165) is 26.2 Å². The van der Waals surface area contributed by atoms with Gasteiger partial charge in [-0.3, -0.25) is 4.79 Å². The molecule has 0 saturated heterocycles. The number of nitrogens with one attached hydrogen (secondary N) is 1. The van der Waals surface area contributed by atoms with Gasteiger partial charge in [-0.05, 0) is 120 Å². The van der Waals surface area contributed by atoms with Crippen LogP contribution in [0.25, 0.3) is 5.69 Å². The first-order chi connectivity index (χ1) is 21.2. The van der Waals surface area contributed by atoms with Crippen LogP contribution >= 0.6 is 45.8 Å². The fourth-order valence-corrected chi connectivity index (χ4v) is 5.56.